The Hall–Kier alpha value is -1.36. The zero-order valence-corrected chi connectivity index (χ0v) is 9.47. The van der Waals surface area contributed by atoms with Crippen LogP contribution in [0.1, 0.15) is 13.8 Å². The van der Waals surface area contributed by atoms with Gasteiger partial charge in [0.2, 0.25) is 0 Å². The fraction of sp³-hybridized carbons (Fsp3) is 0.455. The number of aliphatic hydroxyl groups is 1. The molecule has 1 aromatic rings. The Labute approximate surface area is 93.0 Å². The van der Waals surface area contributed by atoms with Gasteiger partial charge in [-0.15, -0.1) is 0 Å². The third kappa shape index (κ3) is 3.34. The first-order valence-corrected chi connectivity index (χ1v) is 4.83. The predicted octanol–water partition coefficient (Wildman–Crippen LogP) is 2.16. The number of nitrogens with one attached hydrogen (secondary N) is 1. The Morgan fingerprint density at radius 1 is 1.31 bits per heavy atom. The summed E-state index contributed by atoms with van der Waals surface area (Å²) < 4.78 is 31.3. The van der Waals surface area contributed by atoms with Gasteiger partial charge in [-0.2, -0.15) is 0 Å². The summed E-state index contributed by atoms with van der Waals surface area (Å²) in [4.78, 5) is 0. The van der Waals surface area contributed by atoms with E-state index in [-0.39, 0.29) is 18.0 Å². The quantitative estimate of drug-likeness (QED) is 0.834. The standard InChI is InChI=1S/C11H15F2NO2/c1-11(2,15)6-14-9-4-8(13)10(16-3)5-7(9)12/h4-5,14-15H,6H2,1-3H3. The highest BCUT2D eigenvalue weighted by Crippen LogP contribution is 2.24. The maximum absolute atomic E-state index is 13.4. The van der Waals surface area contributed by atoms with Gasteiger partial charge in [-0.25, -0.2) is 8.78 Å². The van der Waals surface area contributed by atoms with E-state index in [1.807, 2.05) is 0 Å². The lowest BCUT2D eigenvalue weighted by Crippen LogP contribution is -2.29. The number of anilines is 1. The van der Waals surface area contributed by atoms with Crippen molar-refractivity contribution in [1.29, 1.82) is 0 Å². The zero-order chi connectivity index (χ0) is 12.3. The highest BCUT2D eigenvalue weighted by molar-refractivity contribution is 5.49. The molecule has 0 atom stereocenters. The smallest absolute Gasteiger partial charge is 0.167 e. The topological polar surface area (TPSA) is 41.5 Å². The summed E-state index contributed by atoms with van der Waals surface area (Å²) in [6.45, 7) is 3.26. The first-order chi connectivity index (χ1) is 7.33. The van der Waals surface area contributed by atoms with Crippen molar-refractivity contribution in [2.75, 3.05) is 19.0 Å². The molecule has 0 aliphatic carbocycles. The Morgan fingerprint density at radius 3 is 2.44 bits per heavy atom. The van der Waals surface area contributed by atoms with Crippen molar-refractivity contribution in [2.45, 2.75) is 19.4 Å². The van der Waals surface area contributed by atoms with Crippen LogP contribution in [0.3, 0.4) is 0 Å². The zero-order valence-electron chi connectivity index (χ0n) is 9.47. The van der Waals surface area contributed by atoms with Crippen LogP contribution in [-0.4, -0.2) is 24.4 Å². The van der Waals surface area contributed by atoms with Gasteiger partial charge in [-0.3, -0.25) is 0 Å². The molecule has 0 saturated carbocycles. The van der Waals surface area contributed by atoms with Crippen molar-refractivity contribution in [3.8, 4) is 5.75 Å². The molecule has 0 bridgehead atoms. The summed E-state index contributed by atoms with van der Waals surface area (Å²) in [6, 6.07) is 1.96. The Kier molecular flexibility index (Phi) is 3.70. The molecule has 0 saturated heterocycles. The summed E-state index contributed by atoms with van der Waals surface area (Å²) >= 11 is 0. The van der Waals surface area contributed by atoms with Crippen molar-refractivity contribution in [2.24, 2.45) is 0 Å². The van der Waals surface area contributed by atoms with Crippen LogP contribution >= 0.6 is 0 Å². The highest BCUT2D eigenvalue weighted by atomic mass is 19.1. The van der Waals surface area contributed by atoms with Crippen LogP contribution in [-0.2, 0) is 0 Å². The number of methoxy groups -OCH3 is 1. The lowest BCUT2D eigenvalue weighted by molar-refractivity contribution is 0.0944. The third-order valence-corrected chi connectivity index (χ3v) is 1.95. The molecule has 5 heteroatoms. The van der Waals surface area contributed by atoms with Crippen LogP contribution in [0.15, 0.2) is 12.1 Å². The van der Waals surface area contributed by atoms with Gasteiger partial charge in [0, 0.05) is 18.7 Å². The highest BCUT2D eigenvalue weighted by Gasteiger charge is 2.15. The minimum Gasteiger partial charge on any atom is -0.494 e. The molecule has 2 N–H and O–H groups in total. The van der Waals surface area contributed by atoms with E-state index in [1.54, 1.807) is 13.8 Å². The Bertz CT molecular complexity index is 375. The molecule has 3 nitrogen and oxygen atoms in total. The van der Waals surface area contributed by atoms with Crippen molar-refractivity contribution in [1.82, 2.24) is 0 Å². The lowest BCUT2D eigenvalue weighted by Gasteiger charge is -2.19. The fourth-order valence-corrected chi connectivity index (χ4v) is 1.13. The van der Waals surface area contributed by atoms with Crippen molar-refractivity contribution < 1.29 is 18.6 Å². The van der Waals surface area contributed by atoms with E-state index in [0.717, 1.165) is 12.1 Å². The SMILES string of the molecule is COc1cc(F)c(NCC(C)(C)O)cc1F. The van der Waals surface area contributed by atoms with Crippen LogP contribution in [0.4, 0.5) is 14.5 Å². The minimum absolute atomic E-state index is 0.000394. The molecule has 0 aliphatic rings. The lowest BCUT2D eigenvalue weighted by atomic mass is 10.1. The van der Waals surface area contributed by atoms with E-state index in [1.165, 1.54) is 7.11 Å². The number of benzene rings is 1. The molecule has 0 aromatic heterocycles. The number of hydrogen-bond acceptors (Lipinski definition) is 3. The summed E-state index contributed by atoms with van der Waals surface area (Å²) in [5, 5.41) is 12.1. The number of halogens is 2. The summed E-state index contributed by atoms with van der Waals surface area (Å²) in [6.07, 6.45) is 0. The van der Waals surface area contributed by atoms with Crippen molar-refractivity contribution in [3.63, 3.8) is 0 Å². The largest absolute Gasteiger partial charge is 0.494 e. The summed E-state index contributed by atoms with van der Waals surface area (Å²) in [5.41, 5.74) is -0.997. The molecule has 0 amide bonds. The average Bonchev–Trinajstić information content (AvgIpc) is 2.17. The fourth-order valence-electron chi connectivity index (χ4n) is 1.13. The van der Waals surface area contributed by atoms with Crippen LogP contribution in [0, 0.1) is 11.6 Å². The van der Waals surface area contributed by atoms with Crippen molar-refractivity contribution in [3.05, 3.63) is 23.8 Å². The molecule has 0 radical (unpaired) electrons. The average molecular weight is 231 g/mol. The second kappa shape index (κ2) is 4.65. The number of hydrogen-bond donors (Lipinski definition) is 2. The van der Waals surface area contributed by atoms with Gasteiger partial charge in [0.1, 0.15) is 5.82 Å². The summed E-state index contributed by atoms with van der Waals surface area (Å²) in [5.74, 6) is -1.42. The van der Waals surface area contributed by atoms with E-state index in [2.05, 4.69) is 10.1 Å². The molecule has 0 aliphatic heterocycles. The van der Waals surface area contributed by atoms with Gasteiger partial charge in [-0.1, -0.05) is 0 Å². The van der Waals surface area contributed by atoms with Crippen molar-refractivity contribution >= 4 is 5.69 Å². The summed E-state index contributed by atoms with van der Waals surface area (Å²) in [7, 11) is 1.27. The van der Waals surface area contributed by atoms with Crippen LogP contribution in [0.5, 0.6) is 5.75 Å². The van der Waals surface area contributed by atoms with E-state index >= 15 is 0 Å². The molecule has 0 heterocycles. The maximum atomic E-state index is 13.4. The second-order valence-electron chi connectivity index (χ2n) is 4.13. The van der Waals surface area contributed by atoms with Gasteiger partial charge >= 0.3 is 0 Å². The van der Waals surface area contributed by atoms with Crippen LogP contribution in [0.2, 0.25) is 0 Å². The minimum atomic E-state index is -0.997. The monoisotopic (exact) mass is 231 g/mol. The second-order valence-corrected chi connectivity index (χ2v) is 4.13. The number of rotatable bonds is 4. The third-order valence-electron chi connectivity index (χ3n) is 1.95. The maximum Gasteiger partial charge on any atom is 0.167 e. The molecule has 16 heavy (non-hydrogen) atoms. The van der Waals surface area contributed by atoms with Gasteiger partial charge < -0.3 is 15.2 Å². The number of ether oxygens (including phenoxy) is 1. The van der Waals surface area contributed by atoms with Gasteiger partial charge in [0.15, 0.2) is 11.6 Å². The normalized spacial score (nSPS) is 11.4. The molecular weight excluding hydrogens is 216 g/mol. The van der Waals surface area contributed by atoms with E-state index in [9.17, 15) is 13.9 Å². The molecular formula is C11H15F2NO2. The van der Waals surface area contributed by atoms with E-state index < -0.39 is 17.2 Å². The molecule has 0 spiro atoms. The van der Waals surface area contributed by atoms with Crippen LogP contribution < -0.4 is 10.1 Å². The first kappa shape index (κ1) is 12.7. The molecule has 1 rings (SSSR count). The van der Waals surface area contributed by atoms with E-state index in [0.29, 0.717) is 0 Å². The van der Waals surface area contributed by atoms with Gasteiger partial charge in [0.05, 0.1) is 18.4 Å². The van der Waals surface area contributed by atoms with Gasteiger partial charge in [0.25, 0.3) is 0 Å². The predicted molar refractivity (Wildman–Crippen MR) is 57.7 cm³/mol. The first-order valence-electron chi connectivity index (χ1n) is 4.83. The molecule has 90 valence electrons. The molecule has 1 aromatic carbocycles. The van der Waals surface area contributed by atoms with E-state index in [4.69, 9.17) is 0 Å². The van der Waals surface area contributed by atoms with Gasteiger partial charge in [-0.05, 0) is 13.8 Å². The Morgan fingerprint density at radius 2 is 1.94 bits per heavy atom. The Balaban J connectivity index is 2.86. The molecule has 0 fully saturated rings. The van der Waals surface area contributed by atoms with Crippen LogP contribution in [0.25, 0.3) is 0 Å². The molecule has 0 unspecified atom stereocenters.